The molecule has 164 valence electrons. The molecule has 1 heterocycles. The normalized spacial score (nSPS) is 12.0. The maximum Gasteiger partial charge on any atom is 0.229 e. The standard InChI is InChI=1S/C27H23N3O3/c31-23-14-12-19-20(26(23)33)11-13-21-25(19)28-22(15-17-7-3-1-4-8-17)27(29-21)30-24(32)16-18-9-5-2-6-10-18/h1-10,12,14,31,33H,11,13,15-16H2,(H,29,30,32). The summed E-state index contributed by atoms with van der Waals surface area (Å²) in [5.41, 5.74) is 5.50. The van der Waals surface area contributed by atoms with Crippen LogP contribution < -0.4 is 5.32 Å². The fourth-order valence-electron chi connectivity index (χ4n) is 4.21. The Morgan fingerprint density at radius 2 is 1.55 bits per heavy atom. The van der Waals surface area contributed by atoms with Crippen LogP contribution in [-0.2, 0) is 30.5 Å². The lowest BCUT2D eigenvalue weighted by atomic mass is 9.90. The number of benzene rings is 3. The zero-order chi connectivity index (χ0) is 22.8. The number of aromatic nitrogens is 2. The molecule has 0 atom stereocenters. The first-order valence-corrected chi connectivity index (χ1v) is 10.9. The van der Waals surface area contributed by atoms with E-state index in [0.29, 0.717) is 42.0 Å². The zero-order valence-corrected chi connectivity index (χ0v) is 18.0. The molecule has 0 aliphatic heterocycles. The second-order valence-corrected chi connectivity index (χ2v) is 8.15. The summed E-state index contributed by atoms with van der Waals surface area (Å²) >= 11 is 0. The van der Waals surface area contributed by atoms with Crippen molar-refractivity contribution in [2.24, 2.45) is 0 Å². The molecule has 0 spiro atoms. The molecular weight excluding hydrogens is 414 g/mol. The number of rotatable bonds is 5. The number of carbonyl (C=O) groups excluding carboxylic acids is 1. The first-order valence-electron chi connectivity index (χ1n) is 10.9. The number of fused-ring (bicyclic) bond motifs is 3. The SMILES string of the molecule is O=C(Cc1ccccc1)Nc1nc2c(nc1Cc1ccccc1)-c1ccc(O)c(O)c1CC2. The summed E-state index contributed by atoms with van der Waals surface area (Å²) in [6, 6.07) is 22.7. The Morgan fingerprint density at radius 1 is 0.848 bits per heavy atom. The van der Waals surface area contributed by atoms with Gasteiger partial charge in [0, 0.05) is 17.5 Å². The minimum absolute atomic E-state index is 0.107. The van der Waals surface area contributed by atoms with Crippen LogP contribution in [0.15, 0.2) is 72.8 Å². The van der Waals surface area contributed by atoms with Gasteiger partial charge in [-0.15, -0.1) is 0 Å². The van der Waals surface area contributed by atoms with Gasteiger partial charge in [0.05, 0.1) is 23.5 Å². The molecule has 1 aliphatic carbocycles. The van der Waals surface area contributed by atoms with Crippen LogP contribution in [0.3, 0.4) is 0 Å². The molecule has 6 nitrogen and oxygen atoms in total. The lowest BCUT2D eigenvalue weighted by molar-refractivity contribution is -0.115. The van der Waals surface area contributed by atoms with Crippen molar-refractivity contribution >= 4 is 11.7 Å². The first kappa shape index (κ1) is 20.7. The molecule has 33 heavy (non-hydrogen) atoms. The van der Waals surface area contributed by atoms with Gasteiger partial charge in [-0.1, -0.05) is 60.7 Å². The van der Waals surface area contributed by atoms with Gasteiger partial charge in [0.15, 0.2) is 17.3 Å². The van der Waals surface area contributed by atoms with Gasteiger partial charge in [0.2, 0.25) is 5.91 Å². The van der Waals surface area contributed by atoms with Gasteiger partial charge in [0.25, 0.3) is 0 Å². The maximum atomic E-state index is 12.8. The molecule has 0 saturated carbocycles. The Kier molecular flexibility index (Phi) is 5.48. The molecule has 1 amide bonds. The molecule has 3 aromatic carbocycles. The van der Waals surface area contributed by atoms with Crippen LogP contribution in [0.5, 0.6) is 11.5 Å². The number of anilines is 1. The third kappa shape index (κ3) is 4.28. The highest BCUT2D eigenvalue weighted by Gasteiger charge is 2.25. The number of phenols is 2. The summed E-state index contributed by atoms with van der Waals surface area (Å²) in [5.74, 6) is 0.0674. The van der Waals surface area contributed by atoms with Crippen LogP contribution in [0.1, 0.15) is 28.1 Å². The van der Waals surface area contributed by atoms with Gasteiger partial charge in [0.1, 0.15) is 0 Å². The third-order valence-corrected chi connectivity index (χ3v) is 5.85. The van der Waals surface area contributed by atoms with E-state index in [1.807, 2.05) is 60.7 Å². The number of aryl methyl sites for hydroxylation is 1. The van der Waals surface area contributed by atoms with Crippen molar-refractivity contribution in [3.63, 3.8) is 0 Å². The predicted octanol–water partition coefficient (Wildman–Crippen LogP) is 4.43. The molecule has 1 aromatic heterocycles. The van der Waals surface area contributed by atoms with Crippen LogP contribution in [0.25, 0.3) is 11.3 Å². The van der Waals surface area contributed by atoms with Gasteiger partial charge >= 0.3 is 0 Å². The average molecular weight is 437 g/mol. The molecule has 0 saturated heterocycles. The van der Waals surface area contributed by atoms with E-state index in [1.54, 1.807) is 6.07 Å². The largest absolute Gasteiger partial charge is 0.504 e. The van der Waals surface area contributed by atoms with Crippen molar-refractivity contribution in [2.45, 2.75) is 25.7 Å². The van der Waals surface area contributed by atoms with Gasteiger partial charge in [-0.3, -0.25) is 4.79 Å². The number of amides is 1. The quantitative estimate of drug-likeness (QED) is 0.402. The summed E-state index contributed by atoms with van der Waals surface area (Å²) in [4.78, 5) is 22.5. The summed E-state index contributed by atoms with van der Waals surface area (Å²) in [5, 5.41) is 23.2. The molecule has 5 rings (SSSR count). The lowest BCUT2D eigenvalue weighted by Gasteiger charge is -2.22. The minimum Gasteiger partial charge on any atom is -0.504 e. The minimum atomic E-state index is -0.150. The molecule has 0 radical (unpaired) electrons. The number of carbonyl (C=O) groups is 1. The number of phenolic OH excluding ortho intramolecular Hbond substituents is 2. The Hall–Kier alpha value is -4.19. The Balaban J connectivity index is 1.54. The van der Waals surface area contributed by atoms with Crippen LogP contribution in [0, 0.1) is 0 Å². The van der Waals surface area contributed by atoms with Gasteiger partial charge < -0.3 is 15.5 Å². The molecule has 0 fully saturated rings. The lowest BCUT2D eigenvalue weighted by Crippen LogP contribution is -2.20. The summed E-state index contributed by atoms with van der Waals surface area (Å²) < 4.78 is 0. The molecule has 0 bridgehead atoms. The fraction of sp³-hybridized carbons (Fsp3) is 0.148. The molecular formula is C27H23N3O3. The van der Waals surface area contributed by atoms with Crippen LogP contribution in [-0.4, -0.2) is 26.1 Å². The number of hydrogen-bond acceptors (Lipinski definition) is 5. The van der Waals surface area contributed by atoms with Crippen LogP contribution in [0.4, 0.5) is 5.82 Å². The summed E-state index contributed by atoms with van der Waals surface area (Å²) in [6.45, 7) is 0. The van der Waals surface area contributed by atoms with Crippen molar-refractivity contribution in [1.29, 1.82) is 0 Å². The first-order chi connectivity index (χ1) is 16.1. The van der Waals surface area contributed by atoms with Crippen molar-refractivity contribution in [3.05, 3.63) is 101 Å². The van der Waals surface area contributed by atoms with E-state index in [-0.39, 0.29) is 23.8 Å². The highest BCUT2D eigenvalue weighted by Crippen LogP contribution is 2.41. The van der Waals surface area contributed by atoms with E-state index in [1.165, 1.54) is 6.07 Å². The molecule has 0 unspecified atom stereocenters. The van der Waals surface area contributed by atoms with E-state index in [9.17, 15) is 15.0 Å². The zero-order valence-electron chi connectivity index (χ0n) is 18.0. The third-order valence-electron chi connectivity index (χ3n) is 5.85. The Labute approximate surface area is 191 Å². The smallest absolute Gasteiger partial charge is 0.229 e. The van der Waals surface area contributed by atoms with Gasteiger partial charge in [-0.05, 0) is 36.1 Å². The molecule has 6 heteroatoms. The van der Waals surface area contributed by atoms with E-state index in [0.717, 1.165) is 22.4 Å². The predicted molar refractivity (Wildman–Crippen MR) is 126 cm³/mol. The van der Waals surface area contributed by atoms with Gasteiger partial charge in [-0.2, -0.15) is 0 Å². The molecule has 3 N–H and O–H groups in total. The monoisotopic (exact) mass is 437 g/mol. The number of nitrogens with zero attached hydrogens (tertiary/aromatic N) is 2. The van der Waals surface area contributed by atoms with Crippen molar-refractivity contribution in [3.8, 4) is 22.8 Å². The fourth-order valence-corrected chi connectivity index (χ4v) is 4.21. The second kappa shape index (κ2) is 8.74. The van der Waals surface area contributed by atoms with E-state index in [2.05, 4.69) is 5.32 Å². The second-order valence-electron chi connectivity index (χ2n) is 8.15. The highest BCUT2D eigenvalue weighted by molar-refractivity contribution is 5.92. The van der Waals surface area contributed by atoms with E-state index < -0.39 is 0 Å². The van der Waals surface area contributed by atoms with Crippen molar-refractivity contribution in [1.82, 2.24) is 9.97 Å². The average Bonchev–Trinajstić information content (AvgIpc) is 2.83. The van der Waals surface area contributed by atoms with E-state index >= 15 is 0 Å². The maximum absolute atomic E-state index is 12.8. The van der Waals surface area contributed by atoms with Gasteiger partial charge in [-0.25, -0.2) is 9.97 Å². The molecule has 1 aliphatic rings. The molecule has 4 aromatic rings. The highest BCUT2D eigenvalue weighted by atomic mass is 16.3. The summed E-state index contributed by atoms with van der Waals surface area (Å²) in [7, 11) is 0. The number of nitrogens with one attached hydrogen (secondary N) is 1. The summed E-state index contributed by atoms with van der Waals surface area (Å²) in [6.07, 6.45) is 1.84. The topological polar surface area (TPSA) is 95.3 Å². The van der Waals surface area contributed by atoms with Crippen molar-refractivity contribution in [2.75, 3.05) is 5.32 Å². The van der Waals surface area contributed by atoms with E-state index in [4.69, 9.17) is 9.97 Å². The Bertz CT molecular complexity index is 1320. The Morgan fingerprint density at radius 3 is 2.27 bits per heavy atom. The number of aromatic hydroxyl groups is 2. The van der Waals surface area contributed by atoms with Crippen molar-refractivity contribution < 1.29 is 15.0 Å². The number of hydrogen-bond donors (Lipinski definition) is 3. The van der Waals surface area contributed by atoms with Crippen LogP contribution >= 0.6 is 0 Å². The van der Waals surface area contributed by atoms with Crippen LogP contribution in [0.2, 0.25) is 0 Å².